The van der Waals surface area contributed by atoms with Gasteiger partial charge >= 0.3 is 23.9 Å². The molecule has 0 radical (unpaired) electrons. The zero-order valence-corrected chi connectivity index (χ0v) is 26.9. The van der Waals surface area contributed by atoms with Gasteiger partial charge in [-0.25, -0.2) is 14.6 Å². The van der Waals surface area contributed by atoms with Gasteiger partial charge in [0.05, 0.1) is 13.2 Å². The molecule has 1 saturated carbocycles. The highest BCUT2D eigenvalue weighted by atomic mass is 17.3. The van der Waals surface area contributed by atoms with Gasteiger partial charge < -0.3 is 42.6 Å². The SMILES string of the molecule is CCO[C@H]1O[C@@H]2O[C@@]3(C)CC[C@H]4[C@H](C)[C@H](O[C@@H]5O[C@H](C(=O)OC)[C@@H](OC(C)=O)[C@H](OC(C)=O)[C@H]5OC(C)=O)C[C@@H]([C@H]1C)[C@@]24OO3. The fraction of sp³-hybridized carbons (Fsp3) is 0.867. The molecule has 45 heavy (non-hydrogen) atoms. The summed E-state index contributed by atoms with van der Waals surface area (Å²) in [6.07, 6.45) is -7.62. The van der Waals surface area contributed by atoms with Crippen LogP contribution in [-0.2, 0) is 71.6 Å². The first-order chi connectivity index (χ1) is 21.2. The van der Waals surface area contributed by atoms with E-state index in [9.17, 15) is 19.2 Å². The second-order valence-corrected chi connectivity index (χ2v) is 12.6. The fourth-order valence-electron chi connectivity index (χ4n) is 7.70. The van der Waals surface area contributed by atoms with Crippen molar-refractivity contribution in [3.05, 3.63) is 0 Å². The zero-order chi connectivity index (χ0) is 32.8. The van der Waals surface area contributed by atoms with Crippen LogP contribution in [0.1, 0.15) is 67.7 Å². The number of fused-ring (bicyclic) bond motifs is 2. The second kappa shape index (κ2) is 13.0. The van der Waals surface area contributed by atoms with Crippen molar-refractivity contribution in [2.75, 3.05) is 13.7 Å². The molecular formula is C30H44O15. The molecule has 5 aliphatic heterocycles. The highest BCUT2D eigenvalue weighted by molar-refractivity contribution is 5.77. The Labute approximate surface area is 261 Å². The molecule has 6 rings (SSSR count). The monoisotopic (exact) mass is 644 g/mol. The van der Waals surface area contributed by atoms with Gasteiger partial charge in [-0.3, -0.25) is 14.4 Å². The van der Waals surface area contributed by atoms with E-state index in [1.807, 2.05) is 27.7 Å². The minimum Gasteiger partial charge on any atom is -0.467 e. The van der Waals surface area contributed by atoms with Crippen molar-refractivity contribution in [3.8, 4) is 0 Å². The third-order valence-electron chi connectivity index (χ3n) is 9.66. The lowest BCUT2D eigenvalue weighted by Crippen LogP contribution is -2.72. The molecule has 2 bridgehead atoms. The van der Waals surface area contributed by atoms with E-state index in [4.69, 9.17) is 52.4 Å². The van der Waals surface area contributed by atoms with E-state index in [0.717, 1.165) is 21.0 Å². The number of hydrogen-bond donors (Lipinski definition) is 0. The third-order valence-corrected chi connectivity index (χ3v) is 9.66. The Morgan fingerprint density at radius 3 is 2.09 bits per heavy atom. The molecule has 0 amide bonds. The molecule has 0 aromatic rings. The first-order valence-corrected chi connectivity index (χ1v) is 15.5. The highest BCUT2D eigenvalue weighted by Gasteiger charge is 2.71. The third kappa shape index (κ3) is 6.20. The molecule has 0 N–H and O–H groups in total. The maximum absolute atomic E-state index is 12.9. The van der Waals surface area contributed by atoms with Gasteiger partial charge in [0.25, 0.3) is 0 Å². The average molecular weight is 645 g/mol. The number of carbonyl (C=O) groups excluding carboxylic acids is 4. The molecule has 5 saturated heterocycles. The van der Waals surface area contributed by atoms with Crippen molar-refractivity contribution in [2.45, 2.75) is 129 Å². The van der Waals surface area contributed by atoms with Crippen molar-refractivity contribution in [2.24, 2.45) is 23.7 Å². The van der Waals surface area contributed by atoms with Gasteiger partial charge in [0.15, 0.2) is 48.9 Å². The van der Waals surface area contributed by atoms with E-state index >= 15 is 0 Å². The van der Waals surface area contributed by atoms with Gasteiger partial charge in [0, 0.05) is 51.6 Å². The quantitative estimate of drug-likeness (QED) is 0.213. The summed E-state index contributed by atoms with van der Waals surface area (Å²) in [5.41, 5.74) is -0.958. The standard InChI is InChI=1S/C30H44O15/c1-9-36-26-14(3)19-12-20(13(2)18-10-11-29(7)43-28(42-26)30(18,19)45-44-29)40-27-24(39-17(6)33)22(38-16(5)32)21(37-15(4)31)23(41-27)25(34)35-8/h13-14,18-24,26-28H,9-12H2,1-8H3/t13-,14+,18-,19-,20+,21-,22-,23-,24+,26-,27+,28+,29+,30+/m0/s1. The molecular weight excluding hydrogens is 600 g/mol. The maximum Gasteiger partial charge on any atom is 0.339 e. The number of ether oxygens (including phenoxy) is 9. The Morgan fingerprint density at radius 1 is 0.822 bits per heavy atom. The van der Waals surface area contributed by atoms with Crippen molar-refractivity contribution in [1.82, 2.24) is 0 Å². The number of carbonyl (C=O) groups is 4. The van der Waals surface area contributed by atoms with Gasteiger partial charge in [0.2, 0.25) is 5.79 Å². The lowest BCUT2D eigenvalue weighted by molar-refractivity contribution is -0.579. The Balaban J connectivity index is 1.51. The molecule has 1 spiro atoms. The van der Waals surface area contributed by atoms with Crippen LogP contribution in [0.2, 0.25) is 0 Å². The molecule has 6 aliphatic rings. The predicted octanol–water partition coefficient (Wildman–Crippen LogP) is 1.92. The predicted molar refractivity (Wildman–Crippen MR) is 146 cm³/mol. The van der Waals surface area contributed by atoms with Crippen LogP contribution >= 0.6 is 0 Å². The average Bonchev–Trinajstić information content (AvgIpc) is 3.19. The molecule has 15 nitrogen and oxygen atoms in total. The first-order valence-electron chi connectivity index (χ1n) is 15.5. The summed E-state index contributed by atoms with van der Waals surface area (Å²) in [5, 5.41) is 0. The normalized spacial score (nSPS) is 45.4. The van der Waals surface area contributed by atoms with Crippen LogP contribution in [0.4, 0.5) is 0 Å². The molecule has 15 heteroatoms. The summed E-state index contributed by atoms with van der Waals surface area (Å²) in [6, 6.07) is 0. The Bertz CT molecular complexity index is 1150. The van der Waals surface area contributed by atoms with Crippen molar-refractivity contribution in [1.29, 1.82) is 0 Å². The highest BCUT2D eigenvalue weighted by Crippen LogP contribution is 2.61. The second-order valence-electron chi connectivity index (χ2n) is 12.6. The molecule has 0 unspecified atom stereocenters. The first kappa shape index (κ1) is 33.9. The summed E-state index contributed by atoms with van der Waals surface area (Å²) in [6.45, 7) is 11.6. The van der Waals surface area contributed by atoms with Crippen LogP contribution in [-0.4, -0.2) is 98.4 Å². The zero-order valence-electron chi connectivity index (χ0n) is 26.9. The number of methoxy groups -OCH3 is 1. The Hall–Kier alpha value is -2.40. The van der Waals surface area contributed by atoms with Crippen LogP contribution in [0.15, 0.2) is 0 Å². The van der Waals surface area contributed by atoms with Crippen molar-refractivity contribution < 1.29 is 71.6 Å². The largest absolute Gasteiger partial charge is 0.467 e. The molecule has 14 atom stereocenters. The van der Waals surface area contributed by atoms with E-state index in [0.29, 0.717) is 25.9 Å². The maximum atomic E-state index is 12.9. The summed E-state index contributed by atoms with van der Waals surface area (Å²) in [7, 11) is 1.14. The molecule has 6 fully saturated rings. The van der Waals surface area contributed by atoms with Gasteiger partial charge in [-0.2, -0.15) is 0 Å². The lowest BCUT2D eigenvalue weighted by atomic mass is 9.57. The van der Waals surface area contributed by atoms with Gasteiger partial charge in [-0.15, -0.1) is 0 Å². The molecule has 0 aromatic heterocycles. The molecule has 5 heterocycles. The number of esters is 4. The van der Waals surface area contributed by atoms with Crippen LogP contribution in [0.5, 0.6) is 0 Å². The van der Waals surface area contributed by atoms with Gasteiger partial charge in [0.1, 0.15) is 0 Å². The van der Waals surface area contributed by atoms with Crippen LogP contribution in [0.25, 0.3) is 0 Å². The number of rotatable bonds is 8. The van der Waals surface area contributed by atoms with E-state index in [2.05, 4.69) is 0 Å². The Morgan fingerprint density at radius 2 is 1.47 bits per heavy atom. The topological polar surface area (TPSA) is 170 Å². The minimum atomic E-state index is -1.56. The van der Waals surface area contributed by atoms with Crippen LogP contribution in [0.3, 0.4) is 0 Å². The van der Waals surface area contributed by atoms with E-state index in [1.165, 1.54) is 6.92 Å². The summed E-state index contributed by atoms with van der Waals surface area (Å²) in [4.78, 5) is 61.7. The number of hydrogen-bond acceptors (Lipinski definition) is 15. The minimum absolute atomic E-state index is 0.175. The summed E-state index contributed by atoms with van der Waals surface area (Å²) in [5.74, 6) is -5.02. The summed E-state index contributed by atoms with van der Waals surface area (Å²) < 4.78 is 52.9. The van der Waals surface area contributed by atoms with E-state index in [1.54, 1.807) is 0 Å². The van der Waals surface area contributed by atoms with Crippen LogP contribution in [0, 0.1) is 23.7 Å². The fourth-order valence-corrected chi connectivity index (χ4v) is 7.70. The van der Waals surface area contributed by atoms with Crippen molar-refractivity contribution >= 4 is 23.9 Å². The molecule has 254 valence electrons. The van der Waals surface area contributed by atoms with E-state index < -0.39 is 84.7 Å². The van der Waals surface area contributed by atoms with E-state index in [-0.39, 0.29) is 23.7 Å². The van der Waals surface area contributed by atoms with Crippen LogP contribution < -0.4 is 0 Å². The summed E-state index contributed by atoms with van der Waals surface area (Å²) >= 11 is 0. The van der Waals surface area contributed by atoms with Crippen molar-refractivity contribution in [3.63, 3.8) is 0 Å². The lowest BCUT2D eigenvalue weighted by Gasteiger charge is -2.61. The smallest absolute Gasteiger partial charge is 0.339 e. The molecule has 1 aliphatic carbocycles. The molecule has 0 aromatic carbocycles. The van der Waals surface area contributed by atoms with Gasteiger partial charge in [-0.1, -0.05) is 13.8 Å². The Kier molecular flexibility index (Phi) is 9.81. The van der Waals surface area contributed by atoms with Gasteiger partial charge in [-0.05, 0) is 32.6 Å².